The second kappa shape index (κ2) is 5.29. The second-order valence-corrected chi connectivity index (χ2v) is 5.56. The summed E-state index contributed by atoms with van der Waals surface area (Å²) >= 11 is 0. The maximum Gasteiger partial charge on any atom is 0.0707 e. The van der Waals surface area contributed by atoms with Crippen molar-refractivity contribution < 1.29 is 4.74 Å². The van der Waals surface area contributed by atoms with Crippen molar-refractivity contribution in [2.24, 2.45) is 0 Å². The predicted molar refractivity (Wildman–Crippen MR) is 73.5 cm³/mol. The first-order valence-electron chi connectivity index (χ1n) is 7.02. The van der Waals surface area contributed by atoms with Crippen molar-refractivity contribution in [3.63, 3.8) is 0 Å². The van der Waals surface area contributed by atoms with Crippen LogP contribution in [0.25, 0.3) is 0 Å². The maximum atomic E-state index is 5.85. The van der Waals surface area contributed by atoms with Gasteiger partial charge < -0.3 is 10.5 Å². The molecule has 2 atom stereocenters. The van der Waals surface area contributed by atoms with Gasteiger partial charge in [0.2, 0.25) is 0 Å². The molecule has 2 aliphatic rings. The molecule has 0 saturated carbocycles. The van der Waals surface area contributed by atoms with Gasteiger partial charge in [-0.3, -0.25) is 4.90 Å². The zero-order valence-corrected chi connectivity index (χ0v) is 10.8. The summed E-state index contributed by atoms with van der Waals surface area (Å²) in [7, 11) is 0. The number of ether oxygens (including phenoxy) is 1. The van der Waals surface area contributed by atoms with E-state index < -0.39 is 0 Å². The van der Waals surface area contributed by atoms with Gasteiger partial charge in [0, 0.05) is 18.8 Å². The average Bonchev–Trinajstić information content (AvgIpc) is 2.71. The van der Waals surface area contributed by atoms with E-state index in [0.29, 0.717) is 12.2 Å². The number of rotatable bonds is 4. The smallest absolute Gasteiger partial charge is 0.0707 e. The fourth-order valence-corrected chi connectivity index (χ4v) is 3.07. The first-order chi connectivity index (χ1) is 8.79. The van der Waals surface area contributed by atoms with Crippen LogP contribution in [-0.4, -0.2) is 36.7 Å². The molecular weight excluding hydrogens is 224 g/mol. The Labute approximate surface area is 109 Å². The van der Waals surface area contributed by atoms with Crippen LogP contribution in [0.5, 0.6) is 0 Å². The second-order valence-electron chi connectivity index (χ2n) is 5.56. The lowest BCUT2D eigenvalue weighted by Gasteiger charge is -2.32. The minimum absolute atomic E-state index is 0.514. The van der Waals surface area contributed by atoms with Crippen molar-refractivity contribution in [3.05, 3.63) is 29.8 Å². The summed E-state index contributed by atoms with van der Waals surface area (Å²) in [5.41, 5.74) is 7.93. The quantitative estimate of drug-likeness (QED) is 0.827. The van der Waals surface area contributed by atoms with Crippen LogP contribution in [0.2, 0.25) is 0 Å². The molecule has 3 rings (SSSR count). The molecule has 0 aliphatic carbocycles. The molecule has 2 fully saturated rings. The highest BCUT2D eigenvalue weighted by molar-refractivity contribution is 5.39. The fraction of sp³-hybridized carbons (Fsp3) is 0.600. The number of aryl methyl sites for hydroxylation is 1. The summed E-state index contributed by atoms with van der Waals surface area (Å²) in [5.74, 6) is 0. The number of hydrogen-bond acceptors (Lipinski definition) is 3. The molecular formula is C15H22N2O. The van der Waals surface area contributed by atoms with Crippen LogP contribution in [0.4, 0.5) is 5.69 Å². The number of morpholine rings is 1. The van der Waals surface area contributed by atoms with E-state index in [9.17, 15) is 0 Å². The molecule has 98 valence electrons. The zero-order valence-electron chi connectivity index (χ0n) is 10.8. The summed E-state index contributed by atoms with van der Waals surface area (Å²) in [6.45, 7) is 3.47. The first kappa shape index (κ1) is 12.0. The van der Waals surface area contributed by atoms with Crippen LogP contribution >= 0.6 is 0 Å². The third-order valence-corrected chi connectivity index (χ3v) is 4.04. The highest BCUT2D eigenvalue weighted by atomic mass is 16.5. The number of nitrogens with zero attached hydrogens (tertiary/aromatic N) is 1. The summed E-state index contributed by atoms with van der Waals surface area (Å²) in [4.78, 5) is 2.57. The van der Waals surface area contributed by atoms with Crippen molar-refractivity contribution in [2.75, 3.05) is 25.4 Å². The summed E-state index contributed by atoms with van der Waals surface area (Å²) in [6.07, 6.45) is 5.93. The summed E-state index contributed by atoms with van der Waals surface area (Å²) in [5, 5.41) is 0. The lowest BCUT2D eigenvalue weighted by atomic mass is 10.1. The average molecular weight is 246 g/mol. The molecule has 2 saturated heterocycles. The Kier molecular flexibility index (Phi) is 3.52. The lowest BCUT2D eigenvalue weighted by Crippen LogP contribution is -2.42. The number of fused-ring (bicyclic) bond motifs is 2. The standard InChI is InChI=1S/C15H22N2O/c16-13-5-3-12(4-6-13)2-1-9-17-10-14-7-8-15(11-17)18-14/h3-6,14-15H,1-2,7-11,16H2. The number of likely N-dealkylation sites (tertiary alicyclic amines) is 1. The molecule has 1 aromatic rings. The molecule has 0 aromatic heterocycles. The van der Waals surface area contributed by atoms with Crippen LogP contribution in [0.3, 0.4) is 0 Å². The third-order valence-electron chi connectivity index (χ3n) is 4.04. The molecule has 0 radical (unpaired) electrons. The fourth-order valence-electron chi connectivity index (χ4n) is 3.07. The molecule has 2 N–H and O–H groups in total. The Morgan fingerprint density at radius 2 is 1.78 bits per heavy atom. The highest BCUT2D eigenvalue weighted by Gasteiger charge is 2.33. The Bertz CT molecular complexity index is 378. The number of benzene rings is 1. The van der Waals surface area contributed by atoms with E-state index in [1.807, 2.05) is 12.1 Å². The van der Waals surface area contributed by atoms with Gasteiger partial charge in [0.05, 0.1) is 12.2 Å². The molecule has 2 unspecified atom stereocenters. The van der Waals surface area contributed by atoms with Gasteiger partial charge in [0.15, 0.2) is 0 Å². The van der Waals surface area contributed by atoms with E-state index in [1.165, 1.54) is 31.4 Å². The van der Waals surface area contributed by atoms with Gasteiger partial charge in [-0.2, -0.15) is 0 Å². The van der Waals surface area contributed by atoms with Crippen molar-refractivity contribution in [2.45, 2.75) is 37.9 Å². The summed E-state index contributed by atoms with van der Waals surface area (Å²) < 4.78 is 5.85. The van der Waals surface area contributed by atoms with Crippen LogP contribution < -0.4 is 5.73 Å². The van der Waals surface area contributed by atoms with Crippen molar-refractivity contribution >= 4 is 5.69 Å². The zero-order chi connectivity index (χ0) is 12.4. The van der Waals surface area contributed by atoms with E-state index in [1.54, 1.807) is 0 Å². The highest BCUT2D eigenvalue weighted by Crippen LogP contribution is 2.26. The van der Waals surface area contributed by atoms with Gasteiger partial charge in [-0.25, -0.2) is 0 Å². The topological polar surface area (TPSA) is 38.5 Å². The molecule has 18 heavy (non-hydrogen) atoms. The van der Waals surface area contributed by atoms with E-state index in [0.717, 1.165) is 25.2 Å². The maximum absolute atomic E-state index is 5.85. The number of nitrogen functional groups attached to an aromatic ring is 1. The van der Waals surface area contributed by atoms with Crippen molar-refractivity contribution in [1.29, 1.82) is 0 Å². The normalized spacial score (nSPS) is 27.6. The predicted octanol–water partition coefficient (Wildman–Crippen LogP) is 2.06. The van der Waals surface area contributed by atoms with Crippen LogP contribution in [0.15, 0.2) is 24.3 Å². The van der Waals surface area contributed by atoms with E-state index in [-0.39, 0.29) is 0 Å². The molecule has 2 heterocycles. The van der Waals surface area contributed by atoms with Crippen LogP contribution in [-0.2, 0) is 11.2 Å². The molecule has 3 heteroatoms. The number of nitrogens with two attached hydrogens (primary N) is 1. The van der Waals surface area contributed by atoms with Crippen LogP contribution in [0, 0.1) is 0 Å². The van der Waals surface area contributed by atoms with Gasteiger partial charge in [0.25, 0.3) is 0 Å². The SMILES string of the molecule is Nc1ccc(CCCN2CC3CCC(C2)O3)cc1. The number of anilines is 1. The minimum atomic E-state index is 0.514. The molecule has 3 nitrogen and oxygen atoms in total. The van der Waals surface area contributed by atoms with Crippen molar-refractivity contribution in [1.82, 2.24) is 4.90 Å². The minimum Gasteiger partial charge on any atom is -0.399 e. The Morgan fingerprint density at radius 3 is 2.44 bits per heavy atom. The van der Waals surface area contributed by atoms with Gasteiger partial charge in [-0.05, 0) is 49.9 Å². The summed E-state index contributed by atoms with van der Waals surface area (Å²) in [6, 6.07) is 8.26. The Balaban J connectivity index is 1.43. The van der Waals surface area contributed by atoms with Crippen LogP contribution in [0.1, 0.15) is 24.8 Å². The first-order valence-corrected chi connectivity index (χ1v) is 7.02. The molecule has 0 spiro atoms. The van der Waals surface area contributed by atoms with Gasteiger partial charge in [0.1, 0.15) is 0 Å². The Morgan fingerprint density at radius 1 is 1.11 bits per heavy atom. The molecule has 0 amide bonds. The van der Waals surface area contributed by atoms with Gasteiger partial charge in [-0.15, -0.1) is 0 Å². The molecule has 2 bridgehead atoms. The van der Waals surface area contributed by atoms with Gasteiger partial charge >= 0.3 is 0 Å². The monoisotopic (exact) mass is 246 g/mol. The third kappa shape index (κ3) is 2.85. The van der Waals surface area contributed by atoms with E-state index in [4.69, 9.17) is 10.5 Å². The van der Waals surface area contributed by atoms with Crippen molar-refractivity contribution in [3.8, 4) is 0 Å². The largest absolute Gasteiger partial charge is 0.399 e. The van der Waals surface area contributed by atoms with Gasteiger partial charge in [-0.1, -0.05) is 12.1 Å². The molecule has 2 aliphatic heterocycles. The van der Waals surface area contributed by atoms with E-state index in [2.05, 4.69) is 17.0 Å². The lowest BCUT2D eigenvalue weighted by molar-refractivity contribution is -0.0383. The number of hydrogen-bond donors (Lipinski definition) is 1. The molecule has 1 aromatic carbocycles. The van der Waals surface area contributed by atoms with E-state index >= 15 is 0 Å². The Hall–Kier alpha value is -1.06.